The molecule has 1 N–H and O–H groups in total. The lowest BCUT2D eigenvalue weighted by molar-refractivity contribution is 0.126. The Hall–Kier alpha value is -0.120. The molecular weight excluding hydrogens is 222 g/mol. The van der Waals surface area contributed by atoms with E-state index in [1.54, 1.807) is 0 Å². The zero-order chi connectivity index (χ0) is 12.5. The minimum atomic E-state index is 0.739. The quantitative estimate of drug-likeness (QED) is 0.815. The summed E-state index contributed by atoms with van der Waals surface area (Å²) in [5.74, 6) is 2.88. The van der Waals surface area contributed by atoms with E-state index in [0.717, 1.165) is 23.8 Å². The summed E-state index contributed by atoms with van der Waals surface area (Å²) in [6, 6.07) is 0.739. The van der Waals surface area contributed by atoms with Gasteiger partial charge in [-0.25, -0.2) is 0 Å². The molecule has 0 amide bonds. The van der Waals surface area contributed by atoms with Gasteiger partial charge in [-0.2, -0.15) is 0 Å². The van der Waals surface area contributed by atoms with Gasteiger partial charge in [0, 0.05) is 25.7 Å². The fourth-order valence-corrected chi connectivity index (χ4v) is 4.12. The molecule has 104 valence electrons. The molecule has 3 aliphatic heterocycles. The molecule has 3 heteroatoms. The molecule has 0 aromatic rings. The lowest BCUT2D eigenvalue weighted by atomic mass is 9.95. The van der Waals surface area contributed by atoms with Crippen molar-refractivity contribution in [3.63, 3.8) is 0 Å². The third-order valence-electron chi connectivity index (χ3n) is 5.36. The third-order valence-corrected chi connectivity index (χ3v) is 5.36. The van der Waals surface area contributed by atoms with Crippen molar-refractivity contribution in [1.82, 2.24) is 15.1 Å². The molecule has 0 aromatic carbocycles. The molecule has 18 heavy (non-hydrogen) atoms. The molecule has 0 bridgehead atoms. The number of nitrogens with zero attached hydrogens (tertiary/aromatic N) is 2. The standard InChI is InChI=1S/C15H29N3/c1-12(2)18-5-3-13(4-6-18)9-17-10-14-7-16-8-15(14)11-17/h12-16H,3-11H2,1-2H3. The second-order valence-corrected chi connectivity index (χ2v) is 6.97. The van der Waals surface area contributed by atoms with Crippen LogP contribution in [0, 0.1) is 17.8 Å². The van der Waals surface area contributed by atoms with Crippen LogP contribution in [-0.4, -0.2) is 61.7 Å². The summed E-state index contributed by atoms with van der Waals surface area (Å²) in [7, 11) is 0. The maximum Gasteiger partial charge on any atom is 0.00385 e. The van der Waals surface area contributed by atoms with Crippen molar-refractivity contribution in [2.45, 2.75) is 32.7 Å². The summed E-state index contributed by atoms with van der Waals surface area (Å²) < 4.78 is 0. The number of hydrogen-bond acceptors (Lipinski definition) is 3. The zero-order valence-electron chi connectivity index (χ0n) is 12.1. The normalized spacial score (nSPS) is 35.5. The average molecular weight is 251 g/mol. The molecule has 3 heterocycles. The fourth-order valence-electron chi connectivity index (χ4n) is 4.12. The van der Waals surface area contributed by atoms with Crippen LogP contribution in [0.25, 0.3) is 0 Å². The summed E-state index contributed by atoms with van der Waals surface area (Å²) in [5.41, 5.74) is 0. The maximum absolute atomic E-state index is 3.53. The topological polar surface area (TPSA) is 18.5 Å². The molecule has 0 aliphatic carbocycles. The Bertz CT molecular complexity index is 259. The van der Waals surface area contributed by atoms with E-state index in [0.29, 0.717) is 0 Å². The van der Waals surface area contributed by atoms with Gasteiger partial charge >= 0.3 is 0 Å². The Labute approximate surface area is 112 Å². The summed E-state index contributed by atoms with van der Waals surface area (Å²) in [6.07, 6.45) is 2.84. The molecule has 3 aliphatic rings. The van der Waals surface area contributed by atoms with Crippen molar-refractivity contribution in [2.75, 3.05) is 45.8 Å². The number of nitrogens with one attached hydrogen (secondary N) is 1. The van der Waals surface area contributed by atoms with Gasteiger partial charge in [-0.3, -0.25) is 0 Å². The highest BCUT2D eigenvalue weighted by molar-refractivity contribution is 4.92. The van der Waals surface area contributed by atoms with Crippen molar-refractivity contribution in [3.8, 4) is 0 Å². The number of hydrogen-bond donors (Lipinski definition) is 1. The Balaban J connectivity index is 1.42. The van der Waals surface area contributed by atoms with Gasteiger partial charge in [0.05, 0.1) is 0 Å². The summed E-state index contributed by atoms with van der Waals surface area (Å²) in [4.78, 5) is 5.39. The largest absolute Gasteiger partial charge is 0.316 e. The average Bonchev–Trinajstić information content (AvgIpc) is 2.90. The first-order valence-electron chi connectivity index (χ1n) is 7.89. The first kappa shape index (κ1) is 12.9. The highest BCUT2D eigenvalue weighted by Gasteiger charge is 2.36. The van der Waals surface area contributed by atoms with Gasteiger partial charge in [0.1, 0.15) is 0 Å². The van der Waals surface area contributed by atoms with Crippen molar-refractivity contribution in [1.29, 1.82) is 0 Å². The van der Waals surface area contributed by atoms with E-state index < -0.39 is 0 Å². The summed E-state index contributed by atoms with van der Waals surface area (Å²) in [5, 5.41) is 3.53. The second-order valence-electron chi connectivity index (χ2n) is 6.97. The zero-order valence-corrected chi connectivity index (χ0v) is 12.1. The molecule has 3 nitrogen and oxygen atoms in total. The van der Waals surface area contributed by atoms with Crippen LogP contribution in [0.15, 0.2) is 0 Å². The van der Waals surface area contributed by atoms with Crippen LogP contribution in [0.4, 0.5) is 0 Å². The highest BCUT2D eigenvalue weighted by atomic mass is 15.2. The minimum Gasteiger partial charge on any atom is -0.316 e. The van der Waals surface area contributed by atoms with Gasteiger partial charge in [0.25, 0.3) is 0 Å². The van der Waals surface area contributed by atoms with E-state index in [9.17, 15) is 0 Å². The Kier molecular flexibility index (Phi) is 3.92. The van der Waals surface area contributed by atoms with Gasteiger partial charge in [-0.05, 0) is 70.6 Å². The second kappa shape index (κ2) is 5.48. The molecule has 0 radical (unpaired) electrons. The summed E-state index contributed by atoms with van der Waals surface area (Å²) in [6.45, 7) is 13.9. The van der Waals surface area contributed by atoms with E-state index in [2.05, 4.69) is 29.0 Å². The Morgan fingerprint density at radius 1 is 1.06 bits per heavy atom. The van der Waals surface area contributed by atoms with Crippen molar-refractivity contribution < 1.29 is 0 Å². The number of likely N-dealkylation sites (tertiary alicyclic amines) is 2. The van der Waals surface area contributed by atoms with Crippen LogP contribution in [0.1, 0.15) is 26.7 Å². The van der Waals surface area contributed by atoms with Crippen LogP contribution in [0.2, 0.25) is 0 Å². The molecule has 0 saturated carbocycles. The monoisotopic (exact) mass is 251 g/mol. The maximum atomic E-state index is 3.53. The summed E-state index contributed by atoms with van der Waals surface area (Å²) >= 11 is 0. The van der Waals surface area contributed by atoms with Crippen LogP contribution >= 0.6 is 0 Å². The van der Waals surface area contributed by atoms with E-state index >= 15 is 0 Å². The van der Waals surface area contributed by atoms with E-state index in [1.807, 2.05) is 0 Å². The lowest BCUT2D eigenvalue weighted by Crippen LogP contribution is -2.41. The van der Waals surface area contributed by atoms with Crippen molar-refractivity contribution >= 4 is 0 Å². The third kappa shape index (κ3) is 2.73. The van der Waals surface area contributed by atoms with Gasteiger partial charge in [0.2, 0.25) is 0 Å². The fraction of sp³-hybridized carbons (Fsp3) is 1.00. The molecule has 3 rings (SSSR count). The molecule has 3 fully saturated rings. The SMILES string of the molecule is CC(C)N1CCC(CN2CC3CNCC3C2)CC1. The molecule has 2 unspecified atom stereocenters. The van der Waals surface area contributed by atoms with Gasteiger partial charge < -0.3 is 15.1 Å². The van der Waals surface area contributed by atoms with Crippen molar-refractivity contribution in [2.24, 2.45) is 17.8 Å². The van der Waals surface area contributed by atoms with E-state index in [1.165, 1.54) is 58.7 Å². The predicted molar refractivity (Wildman–Crippen MR) is 75.7 cm³/mol. The van der Waals surface area contributed by atoms with Gasteiger partial charge in [0.15, 0.2) is 0 Å². The first-order chi connectivity index (χ1) is 8.72. The predicted octanol–water partition coefficient (Wildman–Crippen LogP) is 1.26. The van der Waals surface area contributed by atoms with Crippen LogP contribution in [-0.2, 0) is 0 Å². The number of piperidine rings is 1. The molecular formula is C15H29N3. The number of fused-ring (bicyclic) bond motifs is 1. The minimum absolute atomic E-state index is 0.739. The van der Waals surface area contributed by atoms with Crippen molar-refractivity contribution in [3.05, 3.63) is 0 Å². The lowest BCUT2D eigenvalue weighted by Gasteiger charge is -2.36. The Morgan fingerprint density at radius 2 is 1.67 bits per heavy atom. The Morgan fingerprint density at radius 3 is 2.22 bits per heavy atom. The molecule has 0 aromatic heterocycles. The first-order valence-corrected chi connectivity index (χ1v) is 7.89. The van der Waals surface area contributed by atoms with Gasteiger partial charge in [-0.15, -0.1) is 0 Å². The van der Waals surface area contributed by atoms with Gasteiger partial charge in [-0.1, -0.05) is 0 Å². The van der Waals surface area contributed by atoms with Crippen LogP contribution in [0.3, 0.4) is 0 Å². The van der Waals surface area contributed by atoms with E-state index in [4.69, 9.17) is 0 Å². The smallest absolute Gasteiger partial charge is 0.00385 e. The molecule has 2 atom stereocenters. The highest BCUT2D eigenvalue weighted by Crippen LogP contribution is 2.28. The van der Waals surface area contributed by atoms with Crippen LogP contribution in [0.5, 0.6) is 0 Å². The molecule has 3 saturated heterocycles. The molecule has 0 spiro atoms. The van der Waals surface area contributed by atoms with Crippen LogP contribution < -0.4 is 5.32 Å². The van der Waals surface area contributed by atoms with E-state index in [-0.39, 0.29) is 0 Å². The number of rotatable bonds is 3.